The van der Waals surface area contributed by atoms with E-state index in [1.807, 2.05) is 12.1 Å². The summed E-state index contributed by atoms with van der Waals surface area (Å²) in [6, 6.07) is 14.6. The lowest BCUT2D eigenvalue weighted by Gasteiger charge is -2.47. The minimum atomic E-state index is -1.85. The second-order valence-electron chi connectivity index (χ2n) is 12.7. The van der Waals surface area contributed by atoms with Crippen molar-refractivity contribution in [2.24, 2.45) is 0 Å². The van der Waals surface area contributed by atoms with E-state index >= 15 is 0 Å². The first kappa shape index (κ1) is 38.3. The quantitative estimate of drug-likeness (QED) is 0.0789. The summed E-state index contributed by atoms with van der Waals surface area (Å²) in [7, 11) is 0. The normalized spacial score (nSPS) is 21.1. The minimum Gasteiger partial charge on any atom is -0.493 e. The van der Waals surface area contributed by atoms with Gasteiger partial charge in [-0.2, -0.15) is 0 Å². The topological polar surface area (TPSA) is 75.6 Å². The lowest BCUT2D eigenvalue weighted by atomic mass is 9.87. The van der Waals surface area contributed by atoms with Gasteiger partial charge < -0.3 is 33.5 Å². The number of fused-ring (bicyclic) bond motifs is 1. The average molecular weight is 683 g/mol. The molecule has 1 fully saturated rings. The molecular weight excluding hydrogens is 625 g/mol. The molecule has 0 amide bonds. The molecule has 4 atom stereocenters. The van der Waals surface area contributed by atoms with Crippen molar-refractivity contribution in [1.29, 1.82) is 0 Å². The van der Waals surface area contributed by atoms with Gasteiger partial charge in [0.2, 0.25) is 5.79 Å². The summed E-state index contributed by atoms with van der Waals surface area (Å²) in [5.41, 5.74) is 1.46. The standard InChI is InChI=1S/C40H58O7S/c1-6-11-20-42-29-32-27-37(45-22-13-8-3)39(46-23-14-9-4)40(41,47-32)34-26-31(25-33-24-30-17-15-16-18-38(30)48-33)35(43-19-10-5)28-36(34)44-21-12-7-2/h10,15-18,24,26,28,32,37,39,41H,5-9,11-14,19-23,25,27,29H2,1-4H3/t32-,37-,39+,40?/m0/s1. The summed E-state index contributed by atoms with van der Waals surface area (Å²) in [5, 5.41) is 14.2. The van der Waals surface area contributed by atoms with Crippen molar-refractivity contribution in [1.82, 2.24) is 0 Å². The van der Waals surface area contributed by atoms with E-state index in [4.69, 9.17) is 28.4 Å². The van der Waals surface area contributed by atoms with Gasteiger partial charge in [-0.3, -0.25) is 0 Å². The summed E-state index contributed by atoms with van der Waals surface area (Å²) >= 11 is 1.76. The number of unbranched alkanes of at least 4 members (excludes halogenated alkanes) is 4. The zero-order chi connectivity index (χ0) is 34.2. The molecule has 2 heterocycles. The van der Waals surface area contributed by atoms with Crippen molar-refractivity contribution in [2.45, 2.75) is 116 Å². The highest BCUT2D eigenvalue weighted by Gasteiger charge is 2.53. The Balaban J connectivity index is 1.83. The van der Waals surface area contributed by atoms with E-state index in [1.54, 1.807) is 17.4 Å². The van der Waals surface area contributed by atoms with E-state index < -0.39 is 24.1 Å². The third-order valence-electron chi connectivity index (χ3n) is 8.64. The Morgan fingerprint density at radius 2 is 1.58 bits per heavy atom. The molecule has 1 unspecified atom stereocenters. The van der Waals surface area contributed by atoms with Gasteiger partial charge in [0.25, 0.3) is 0 Å². The van der Waals surface area contributed by atoms with Crippen molar-refractivity contribution >= 4 is 21.4 Å². The Morgan fingerprint density at radius 3 is 2.31 bits per heavy atom. The molecule has 1 saturated heterocycles. The fraction of sp³-hybridized carbons (Fsp3) is 0.600. The second-order valence-corrected chi connectivity index (χ2v) is 13.9. The van der Waals surface area contributed by atoms with E-state index in [-0.39, 0.29) is 0 Å². The van der Waals surface area contributed by atoms with Crippen LogP contribution < -0.4 is 9.47 Å². The maximum atomic E-state index is 13.0. The van der Waals surface area contributed by atoms with Crippen molar-refractivity contribution < 1.29 is 33.5 Å². The Labute approximate surface area is 292 Å². The highest BCUT2D eigenvalue weighted by Crippen LogP contribution is 2.46. The first-order valence-electron chi connectivity index (χ1n) is 18.2. The highest BCUT2D eigenvalue weighted by atomic mass is 32.1. The third kappa shape index (κ3) is 10.5. The molecule has 0 radical (unpaired) electrons. The highest BCUT2D eigenvalue weighted by molar-refractivity contribution is 7.19. The van der Waals surface area contributed by atoms with Gasteiger partial charge in [-0.25, -0.2) is 0 Å². The molecule has 0 bridgehead atoms. The summed E-state index contributed by atoms with van der Waals surface area (Å²) in [6.45, 7) is 15.4. The van der Waals surface area contributed by atoms with Crippen molar-refractivity contribution in [3.8, 4) is 11.5 Å². The van der Waals surface area contributed by atoms with Crippen LogP contribution in [0, 0.1) is 0 Å². The number of ether oxygens (including phenoxy) is 6. The van der Waals surface area contributed by atoms with E-state index in [2.05, 4.69) is 64.6 Å². The van der Waals surface area contributed by atoms with Gasteiger partial charge in [-0.05, 0) is 49.3 Å². The second kappa shape index (κ2) is 20.3. The predicted molar refractivity (Wildman–Crippen MR) is 196 cm³/mol. The molecule has 0 spiro atoms. The predicted octanol–water partition coefficient (Wildman–Crippen LogP) is 9.36. The van der Waals surface area contributed by atoms with Crippen LogP contribution >= 0.6 is 11.3 Å². The Hall–Kier alpha value is -2.46. The minimum absolute atomic E-state index is 0.348. The van der Waals surface area contributed by atoms with E-state index in [0.29, 0.717) is 69.5 Å². The van der Waals surface area contributed by atoms with Crippen LogP contribution in [0.1, 0.15) is 101 Å². The molecule has 4 rings (SSSR count). The maximum Gasteiger partial charge on any atom is 0.226 e. The lowest BCUT2D eigenvalue weighted by molar-refractivity contribution is -0.348. The molecule has 48 heavy (non-hydrogen) atoms. The summed E-state index contributed by atoms with van der Waals surface area (Å²) in [4.78, 5) is 1.19. The molecule has 1 aromatic heterocycles. The van der Waals surface area contributed by atoms with E-state index in [0.717, 1.165) is 56.9 Å². The molecule has 1 N–H and O–H groups in total. The van der Waals surface area contributed by atoms with Crippen LogP contribution in [0.5, 0.6) is 11.5 Å². The van der Waals surface area contributed by atoms with Gasteiger partial charge in [0.05, 0.1) is 31.0 Å². The van der Waals surface area contributed by atoms with E-state index in [1.165, 1.54) is 15.0 Å². The number of thiophene rings is 1. The lowest BCUT2D eigenvalue weighted by Crippen LogP contribution is -2.58. The van der Waals surface area contributed by atoms with Crippen LogP contribution in [0.15, 0.2) is 55.1 Å². The third-order valence-corrected chi connectivity index (χ3v) is 9.75. The average Bonchev–Trinajstić information content (AvgIpc) is 3.50. The van der Waals surface area contributed by atoms with Crippen LogP contribution in [0.2, 0.25) is 0 Å². The molecule has 266 valence electrons. The van der Waals surface area contributed by atoms with Crippen LogP contribution in [-0.4, -0.2) is 63.1 Å². The monoisotopic (exact) mass is 682 g/mol. The number of aliphatic hydroxyl groups is 1. The summed E-state index contributed by atoms with van der Waals surface area (Å²) < 4.78 is 39.8. The van der Waals surface area contributed by atoms with E-state index in [9.17, 15) is 5.11 Å². The van der Waals surface area contributed by atoms with Crippen molar-refractivity contribution in [2.75, 3.05) is 39.6 Å². The first-order valence-corrected chi connectivity index (χ1v) is 19.0. The van der Waals surface area contributed by atoms with Crippen molar-refractivity contribution in [3.63, 3.8) is 0 Å². The Bertz CT molecular complexity index is 1340. The van der Waals surface area contributed by atoms with Gasteiger partial charge in [0, 0.05) is 53.9 Å². The van der Waals surface area contributed by atoms with Crippen LogP contribution in [0.25, 0.3) is 10.1 Å². The Morgan fingerprint density at radius 1 is 0.875 bits per heavy atom. The fourth-order valence-electron chi connectivity index (χ4n) is 5.96. The maximum absolute atomic E-state index is 13.0. The SMILES string of the molecule is C=CCOc1cc(OCCCC)c(C2(O)O[C@H](COCCCC)C[C@H](OCCCC)[C@H]2OCCCC)cc1Cc1cc2ccccc2s1. The molecule has 2 aromatic carbocycles. The molecule has 8 heteroatoms. The molecule has 1 aliphatic heterocycles. The molecule has 3 aromatic rings. The fourth-order valence-corrected chi connectivity index (χ4v) is 7.05. The summed E-state index contributed by atoms with van der Waals surface area (Å²) in [5.74, 6) is -0.635. The van der Waals surface area contributed by atoms with Gasteiger partial charge in [-0.1, -0.05) is 84.2 Å². The van der Waals surface area contributed by atoms with Crippen LogP contribution in [0.3, 0.4) is 0 Å². The van der Waals surface area contributed by atoms with Crippen molar-refractivity contribution in [3.05, 3.63) is 71.1 Å². The molecule has 1 aliphatic rings. The number of benzene rings is 2. The van der Waals surface area contributed by atoms with Gasteiger partial charge >= 0.3 is 0 Å². The largest absolute Gasteiger partial charge is 0.493 e. The molecule has 7 nitrogen and oxygen atoms in total. The summed E-state index contributed by atoms with van der Waals surface area (Å²) in [6.07, 6.45) is 9.03. The Kier molecular flexibility index (Phi) is 16.2. The smallest absolute Gasteiger partial charge is 0.226 e. The molecule has 0 saturated carbocycles. The van der Waals surface area contributed by atoms with Crippen LogP contribution in [-0.2, 0) is 31.2 Å². The molecular formula is C40H58O7S. The number of hydrogen-bond acceptors (Lipinski definition) is 8. The van der Waals surface area contributed by atoms with Gasteiger partial charge in [0.15, 0.2) is 0 Å². The first-order chi connectivity index (χ1) is 23.5. The molecule has 0 aliphatic carbocycles. The zero-order valence-electron chi connectivity index (χ0n) is 29.7. The van der Waals surface area contributed by atoms with Gasteiger partial charge in [-0.15, -0.1) is 11.3 Å². The number of rotatable bonds is 23. The van der Waals surface area contributed by atoms with Crippen LogP contribution in [0.4, 0.5) is 0 Å². The zero-order valence-corrected chi connectivity index (χ0v) is 30.5. The van der Waals surface area contributed by atoms with Gasteiger partial charge in [0.1, 0.15) is 24.2 Å². The number of hydrogen-bond donors (Lipinski definition) is 1.